The number of halogens is 1. The first-order valence-electron chi connectivity index (χ1n) is 6.31. The Kier molecular flexibility index (Phi) is 4.30. The van der Waals surface area contributed by atoms with Crippen molar-refractivity contribution in [1.29, 1.82) is 0 Å². The number of carboxylic acids is 1. The molecule has 0 amide bonds. The van der Waals surface area contributed by atoms with Crippen LogP contribution in [0.3, 0.4) is 0 Å². The molecule has 0 aliphatic carbocycles. The SMILES string of the molecule is CCc1ccc(CNc2nccc(C(=O)O)c2F)cc1. The third-order valence-corrected chi connectivity index (χ3v) is 3.01. The zero-order valence-corrected chi connectivity index (χ0v) is 11.1. The predicted octanol–water partition coefficient (Wildman–Crippen LogP) is 3.09. The largest absolute Gasteiger partial charge is 0.478 e. The maximum Gasteiger partial charge on any atom is 0.338 e. The summed E-state index contributed by atoms with van der Waals surface area (Å²) < 4.78 is 13.8. The summed E-state index contributed by atoms with van der Waals surface area (Å²) in [5.74, 6) is -2.20. The van der Waals surface area contributed by atoms with Gasteiger partial charge in [0.25, 0.3) is 0 Å². The lowest BCUT2D eigenvalue weighted by atomic mass is 10.1. The summed E-state index contributed by atoms with van der Waals surface area (Å²) in [5.41, 5.74) is 1.82. The first kappa shape index (κ1) is 14.0. The maximum atomic E-state index is 13.8. The van der Waals surface area contributed by atoms with Crippen molar-refractivity contribution in [1.82, 2.24) is 4.98 Å². The van der Waals surface area contributed by atoms with Gasteiger partial charge in [-0.05, 0) is 23.6 Å². The summed E-state index contributed by atoms with van der Waals surface area (Å²) in [7, 11) is 0. The Balaban J connectivity index is 2.10. The molecule has 2 rings (SSSR count). The number of carbonyl (C=O) groups is 1. The van der Waals surface area contributed by atoms with Gasteiger partial charge in [0.1, 0.15) is 5.56 Å². The van der Waals surface area contributed by atoms with Crippen LogP contribution in [0.1, 0.15) is 28.4 Å². The zero-order chi connectivity index (χ0) is 14.5. The van der Waals surface area contributed by atoms with Crippen molar-refractivity contribution < 1.29 is 14.3 Å². The lowest BCUT2D eigenvalue weighted by Crippen LogP contribution is -2.08. The highest BCUT2D eigenvalue weighted by Crippen LogP contribution is 2.16. The Morgan fingerprint density at radius 3 is 2.50 bits per heavy atom. The molecule has 4 nitrogen and oxygen atoms in total. The molecule has 0 aliphatic heterocycles. The molecule has 0 unspecified atom stereocenters. The summed E-state index contributed by atoms with van der Waals surface area (Å²) in [4.78, 5) is 14.6. The third-order valence-electron chi connectivity index (χ3n) is 3.01. The van der Waals surface area contributed by atoms with E-state index in [0.29, 0.717) is 6.54 Å². The van der Waals surface area contributed by atoms with Crippen molar-refractivity contribution in [2.24, 2.45) is 0 Å². The van der Waals surface area contributed by atoms with Crippen LogP contribution in [0.4, 0.5) is 10.2 Å². The normalized spacial score (nSPS) is 10.3. The molecule has 0 spiro atoms. The van der Waals surface area contributed by atoms with Gasteiger partial charge in [0.15, 0.2) is 11.6 Å². The van der Waals surface area contributed by atoms with E-state index in [4.69, 9.17) is 5.11 Å². The molecule has 2 aromatic rings. The number of rotatable bonds is 5. The molecule has 0 atom stereocenters. The predicted molar refractivity (Wildman–Crippen MR) is 74.3 cm³/mol. The molecule has 0 aliphatic rings. The first-order chi connectivity index (χ1) is 9.61. The van der Waals surface area contributed by atoms with Crippen LogP contribution in [0.15, 0.2) is 36.5 Å². The van der Waals surface area contributed by atoms with Gasteiger partial charge in [-0.15, -0.1) is 0 Å². The Bertz CT molecular complexity index is 612. The number of carboxylic acid groups (broad SMARTS) is 1. The van der Waals surface area contributed by atoms with Crippen molar-refractivity contribution in [3.8, 4) is 0 Å². The first-order valence-corrected chi connectivity index (χ1v) is 6.31. The number of hydrogen-bond donors (Lipinski definition) is 2. The highest BCUT2D eigenvalue weighted by Gasteiger charge is 2.14. The summed E-state index contributed by atoms with van der Waals surface area (Å²) >= 11 is 0. The second kappa shape index (κ2) is 6.14. The minimum Gasteiger partial charge on any atom is -0.478 e. The molecule has 0 saturated carbocycles. The van der Waals surface area contributed by atoms with Gasteiger partial charge >= 0.3 is 5.97 Å². The fourth-order valence-corrected chi connectivity index (χ4v) is 1.81. The van der Waals surface area contributed by atoms with Crippen molar-refractivity contribution in [3.63, 3.8) is 0 Å². The minimum absolute atomic E-state index is 0.0514. The number of pyridine rings is 1. The van der Waals surface area contributed by atoms with Crippen LogP contribution in [0.5, 0.6) is 0 Å². The van der Waals surface area contributed by atoms with E-state index in [-0.39, 0.29) is 11.4 Å². The number of anilines is 1. The van der Waals surface area contributed by atoms with E-state index < -0.39 is 11.8 Å². The van der Waals surface area contributed by atoms with Crippen molar-refractivity contribution in [3.05, 3.63) is 59.0 Å². The summed E-state index contributed by atoms with van der Waals surface area (Å²) in [6.07, 6.45) is 2.24. The quantitative estimate of drug-likeness (QED) is 0.879. The second-order valence-electron chi connectivity index (χ2n) is 4.35. The van der Waals surface area contributed by atoms with E-state index in [2.05, 4.69) is 17.2 Å². The van der Waals surface area contributed by atoms with Gasteiger partial charge in [0, 0.05) is 12.7 Å². The molecule has 0 fully saturated rings. The van der Waals surface area contributed by atoms with Gasteiger partial charge in [-0.3, -0.25) is 0 Å². The van der Waals surface area contributed by atoms with E-state index in [1.54, 1.807) is 0 Å². The monoisotopic (exact) mass is 274 g/mol. The van der Waals surface area contributed by atoms with Crippen LogP contribution in [0.25, 0.3) is 0 Å². The van der Waals surface area contributed by atoms with E-state index in [1.165, 1.54) is 11.8 Å². The number of hydrogen-bond acceptors (Lipinski definition) is 3. The highest BCUT2D eigenvalue weighted by molar-refractivity contribution is 5.88. The van der Waals surface area contributed by atoms with E-state index in [0.717, 1.165) is 18.1 Å². The van der Waals surface area contributed by atoms with E-state index >= 15 is 0 Å². The number of aromatic carboxylic acids is 1. The van der Waals surface area contributed by atoms with Crippen LogP contribution in [-0.4, -0.2) is 16.1 Å². The smallest absolute Gasteiger partial charge is 0.338 e. The molecule has 20 heavy (non-hydrogen) atoms. The number of aryl methyl sites for hydroxylation is 1. The Labute approximate surface area is 116 Å². The lowest BCUT2D eigenvalue weighted by molar-refractivity contribution is 0.0692. The van der Waals surface area contributed by atoms with Gasteiger partial charge in [0.05, 0.1) is 0 Å². The van der Waals surface area contributed by atoms with Crippen molar-refractivity contribution >= 4 is 11.8 Å². The van der Waals surface area contributed by atoms with Gasteiger partial charge in [-0.2, -0.15) is 0 Å². The van der Waals surface area contributed by atoms with Crippen LogP contribution < -0.4 is 5.32 Å². The topological polar surface area (TPSA) is 62.2 Å². The van der Waals surface area contributed by atoms with Gasteiger partial charge in [-0.25, -0.2) is 14.2 Å². The zero-order valence-electron chi connectivity index (χ0n) is 11.1. The van der Waals surface area contributed by atoms with Gasteiger partial charge in [-0.1, -0.05) is 31.2 Å². The standard InChI is InChI=1S/C15H15FN2O2/c1-2-10-3-5-11(6-4-10)9-18-14-13(16)12(15(19)20)7-8-17-14/h3-8H,2,9H2,1H3,(H,17,18)(H,19,20). The fraction of sp³-hybridized carbons (Fsp3) is 0.200. The molecule has 5 heteroatoms. The molecule has 0 bridgehead atoms. The Hall–Kier alpha value is -2.43. The molecular formula is C15H15FN2O2. The summed E-state index contributed by atoms with van der Waals surface area (Å²) in [6, 6.07) is 9.05. The highest BCUT2D eigenvalue weighted by atomic mass is 19.1. The summed E-state index contributed by atoms with van der Waals surface area (Å²) in [6.45, 7) is 2.46. The average Bonchev–Trinajstić information content (AvgIpc) is 2.46. The Morgan fingerprint density at radius 2 is 1.90 bits per heavy atom. The summed E-state index contributed by atoms with van der Waals surface area (Å²) in [5, 5.41) is 11.6. The number of nitrogens with zero attached hydrogens (tertiary/aromatic N) is 1. The lowest BCUT2D eigenvalue weighted by Gasteiger charge is -2.08. The van der Waals surface area contributed by atoms with Crippen molar-refractivity contribution in [2.45, 2.75) is 19.9 Å². The number of nitrogens with one attached hydrogen (secondary N) is 1. The minimum atomic E-state index is -1.31. The third kappa shape index (κ3) is 3.12. The molecule has 2 N–H and O–H groups in total. The van der Waals surface area contributed by atoms with Gasteiger partial charge < -0.3 is 10.4 Å². The van der Waals surface area contributed by atoms with Crippen LogP contribution in [0, 0.1) is 5.82 Å². The molecule has 1 aromatic carbocycles. The second-order valence-corrected chi connectivity index (χ2v) is 4.35. The molecule has 104 valence electrons. The molecule has 1 aromatic heterocycles. The van der Waals surface area contributed by atoms with Crippen LogP contribution in [-0.2, 0) is 13.0 Å². The van der Waals surface area contributed by atoms with Crippen LogP contribution >= 0.6 is 0 Å². The fourth-order valence-electron chi connectivity index (χ4n) is 1.81. The van der Waals surface area contributed by atoms with Crippen LogP contribution in [0.2, 0.25) is 0 Å². The number of aromatic nitrogens is 1. The maximum absolute atomic E-state index is 13.8. The molecule has 0 saturated heterocycles. The van der Waals surface area contributed by atoms with E-state index in [1.807, 2.05) is 24.3 Å². The molecule has 1 heterocycles. The van der Waals surface area contributed by atoms with Crippen molar-refractivity contribution in [2.75, 3.05) is 5.32 Å². The average molecular weight is 274 g/mol. The van der Waals surface area contributed by atoms with E-state index in [9.17, 15) is 9.18 Å². The Morgan fingerprint density at radius 1 is 1.25 bits per heavy atom. The molecular weight excluding hydrogens is 259 g/mol. The molecule has 0 radical (unpaired) electrons. The van der Waals surface area contributed by atoms with Gasteiger partial charge in [0.2, 0.25) is 0 Å². The number of benzene rings is 1.